The summed E-state index contributed by atoms with van der Waals surface area (Å²) in [6.07, 6.45) is -20.9. The molecule has 12 N–H and O–H groups in total. The summed E-state index contributed by atoms with van der Waals surface area (Å²) in [6.45, 7) is -1.27. The maximum absolute atomic E-state index is 13.1. The summed E-state index contributed by atoms with van der Waals surface area (Å²) < 4.78 is 26.7. The number of esters is 1. The number of phenolic OH excluding ortho intramolecular Hbond substituents is 3. The molecule has 3 heterocycles. The Balaban J connectivity index is 1.41. The molecule has 5 rings (SSSR count). The van der Waals surface area contributed by atoms with E-state index in [1.165, 1.54) is 6.07 Å². The van der Waals surface area contributed by atoms with Crippen LogP contribution in [0.1, 0.15) is 12.0 Å². The number of aliphatic carboxylic acids is 1. The van der Waals surface area contributed by atoms with E-state index in [2.05, 4.69) is 0 Å². The molecular formula is C31H34O20. The van der Waals surface area contributed by atoms with E-state index in [9.17, 15) is 75.7 Å². The van der Waals surface area contributed by atoms with Gasteiger partial charge in [-0.15, -0.1) is 0 Å². The van der Waals surface area contributed by atoms with Crippen molar-refractivity contribution in [3.63, 3.8) is 0 Å². The van der Waals surface area contributed by atoms with Crippen LogP contribution in [-0.2, 0) is 30.2 Å². The number of benzene rings is 2. The Hall–Kier alpha value is -4.61. The third-order valence-corrected chi connectivity index (χ3v) is 8.51. The Kier molecular flexibility index (Phi) is 10.7. The van der Waals surface area contributed by atoms with Gasteiger partial charge in [0.1, 0.15) is 64.9 Å². The van der Waals surface area contributed by atoms with Gasteiger partial charge in [-0.05, 0) is 18.6 Å². The number of aliphatic hydroxyl groups is 8. The molecule has 51 heavy (non-hydrogen) atoms. The molecule has 2 aromatic carbocycles. The SMILES string of the molecule is O=C(O[C@H]1O[C@](CCO)(C(=O)O)[C@@H](O)[C@H](O)[C@H]1O)[C@H]1O[C@H](Oc2cc(O)c3c(=O)cc(-c4cc(O)c(O)c(CCO)c4)oc3c2)[C@H](O)[C@@H](O)[C@@H]1O. The van der Waals surface area contributed by atoms with Gasteiger partial charge in [-0.25, -0.2) is 9.59 Å². The minimum absolute atomic E-state index is 0.0607. The van der Waals surface area contributed by atoms with Gasteiger partial charge in [-0.1, -0.05) is 0 Å². The molecule has 0 aliphatic carbocycles. The second-order valence-electron chi connectivity index (χ2n) is 11.8. The number of carboxylic acids is 1. The van der Waals surface area contributed by atoms with Crippen molar-refractivity contribution in [2.75, 3.05) is 13.2 Å². The summed E-state index contributed by atoms with van der Waals surface area (Å²) in [4.78, 5) is 38.0. The first-order chi connectivity index (χ1) is 24.0. The van der Waals surface area contributed by atoms with Crippen molar-refractivity contribution in [1.82, 2.24) is 0 Å². The number of rotatable bonds is 10. The zero-order valence-corrected chi connectivity index (χ0v) is 26.0. The second kappa shape index (κ2) is 14.6. The molecule has 2 aliphatic rings. The molecular weight excluding hydrogens is 692 g/mol. The van der Waals surface area contributed by atoms with Crippen LogP contribution in [0, 0.1) is 0 Å². The maximum atomic E-state index is 13.1. The first kappa shape index (κ1) is 37.6. The van der Waals surface area contributed by atoms with E-state index in [0.29, 0.717) is 0 Å². The predicted octanol–water partition coefficient (Wildman–Crippen LogP) is -3.51. The zero-order valence-electron chi connectivity index (χ0n) is 26.0. The summed E-state index contributed by atoms with van der Waals surface area (Å²) in [6, 6.07) is 5.32. The number of ether oxygens (including phenoxy) is 4. The van der Waals surface area contributed by atoms with Crippen molar-refractivity contribution in [3.05, 3.63) is 46.1 Å². The van der Waals surface area contributed by atoms with Crippen LogP contribution in [0.15, 0.2) is 39.5 Å². The summed E-state index contributed by atoms with van der Waals surface area (Å²) in [5.74, 6) is -5.89. The lowest BCUT2D eigenvalue weighted by molar-refractivity contribution is -0.327. The van der Waals surface area contributed by atoms with Gasteiger partial charge in [-0.3, -0.25) is 4.79 Å². The average Bonchev–Trinajstić information content (AvgIpc) is 3.07. The minimum atomic E-state index is -2.76. The average molecular weight is 727 g/mol. The molecule has 20 nitrogen and oxygen atoms in total. The van der Waals surface area contributed by atoms with Crippen LogP contribution in [0.3, 0.4) is 0 Å². The lowest BCUT2D eigenvalue weighted by Crippen LogP contribution is -2.69. The minimum Gasteiger partial charge on any atom is -0.507 e. The number of hydrogen-bond acceptors (Lipinski definition) is 19. The first-order valence-electron chi connectivity index (χ1n) is 15.1. The van der Waals surface area contributed by atoms with Crippen molar-refractivity contribution in [2.24, 2.45) is 0 Å². The van der Waals surface area contributed by atoms with Gasteiger partial charge in [0.25, 0.3) is 0 Å². The molecule has 278 valence electrons. The lowest BCUT2D eigenvalue weighted by Gasteiger charge is -2.46. The Labute approximate surface area is 284 Å². The predicted molar refractivity (Wildman–Crippen MR) is 162 cm³/mol. The number of hydrogen-bond donors (Lipinski definition) is 12. The van der Waals surface area contributed by atoms with E-state index in [1.807, 2.05) is 0 Å². The summed E-state index contributed by atoms with van der Waals surface area (Å²) in [5, 5.41) is 121. The topological polar surface area (TPSA) is 344 Å². The molecule has 0 bridgehead atoms. The van der Waals surface area contributed by atoms with Crippen molar-refractivity contribution in [1.29, 1.82) is 0 Å². The molecule has 0 radical (unpaired) electrons. The van der Waals surface area contributed by atoms with Crippen LogP contribution in [0.25, 0.3) is 22.3 Å². The fraction of sp³-hybridized carbons (Fsp3) is 0.452. The Bertz CT molecular complexity index is 1840. The van der Waals surface area contributed by atoms with Crippen LogP contribution in [0.4, 0.5) is 0 Å². The monoisotopic (exact) mass is 726 g/mol. The standard InChI is InChI=1S/C31H34O20/c32-3-1-10-5-11(6-15(36)19(10)37)16-9-14(35)18-13(34)7-12(8-17(18)48-16)47-28-23(41)20(38)21(39)25(49-28)27(44)50-29-24(42)22(40)26(43)31(51-29,2-4-33)30(45)46/h5-9,20-26,28-29,32-34,36-43H,1-4H2,(H,45,46)/t20-,21-,22+,23+,24+,25-,26-,28-,29-,31-/m0/s1. The Morgan fingerprint density at radius 2 is 1.49 bits per heavy atom. The van der Waals surface area contributed by atoms with Gasteiger partial charge in [0, 0.05) is 49.0 Å². The fourth-order valence-electron chi connectivity index (χ4n) is 5.76. The van der Waals surface area contributed by atoms with Crippen LogP contribution in [0.5, 0.6) is 23.0 Å². The summed E-state index contributed by atoms with van der Waals surface area (Å²) in [7, 11) is 0. The molecule has 2 saturated heterocycles. The van der Waals surface area contributed by atoms with E-state index in [1.54, 1.807) is 0 Å². The van der Waals surface area contributed by atoms with E-state index >= 15 is 0 Å². The molecule has 0 amide bonds. The largest absolute Gasteiger partial charge is 0.507 e. The number of carbonyl (C=O) groups is 2. The Morgan fingerprint density at radius 1 is 0.804 bits per heavy atom. The molecule has 0 spiro atoms. The van der Waals surface area contributed by atoms with Gasteiger partial charge in [-0.2, -0.15) is 0 Å². The highest BCUT2D eigenvalue weighted by molar-refractivity contribution is 5.86. The number of fused-ring (bicyclic) bond motifs is 1. The molecule has 10 atom stereocenters. The van der Waals surface area contributed by atoms with Gasteiger partial charge in [0.2, 0.25) is 12.6 Å². The van der Waals surface area contributed by atoms with E-state index in [0.717, 1.165) is 24.3 Å². The van der Waals surface area contributed by atoms with Crippen LogP contribution in [-0.4, -0.2) is 147 Å². The summed E-state index contributed by atoms with van der Waals surface area (Å²) >= 11 is 0. The highest BCUT2D eigenvalue weighted by atomic mass is 16.8. The summed E-state index contributed by atoms with van der Waals surface area (Å²) in [5.41, 5.74) is -3.63. The molecule has 0 unspecified atom stereocenters. The number of phenols is 3. The first-order valence-corrected chi connectivity index (χ1v) is 15.1. The van der Waals surface area contributed by atoms with E-state index in [4.69, 9.17) is 23.4 Å². The van der Waals surface area contributed by atoms with Crippen molar-refractivity contribution < 1.29 is 94.2 Å². The molecule has 3 aromatic rings. The van der Waals surface area contributed by atoms with Gasteiger partial charge >= 0.3 is 11.9 Å². The van der Waals surface area contributed by atoms with E-state index < -0.39 is 114 Å². The highest BCUT2D eigenvalue weighted by Gasteiger charge is 2.60. The number of carbonyl (C=O) groups excluding carboxylic acids is 1. The number of aliphatic hydroxyl groups excluding tert-OH is 8. The van der Waals surface area contributed by atoms with Crippen LogP contribution < -0.4 is 10.2 Å². The molecule has 1 aromatic heterocycles. The molecule has 2 fully saturated rings. The highest BCUT2D eigenvalue weighted by Crippen LogP contribution is 2.38. The van der Waals surface area contributed by atoms with Crippen molar-refractivity contribution in [2.45, 2.75) is 73.8 Å². The normalized spacial score (nSPS) is 30.9. The number of aromatic hydroxyl groups is 3. The van der Waals surface area contributed by atoms with Gasteiger partial charge in [0.05, 0.1) is 0 Å². The number of carboxylic acid groups (broad SMARTS) is 1. The lowest BCUT2D eigenvalue weighted by atomic mass is 9.84. The molecule has 2 aliphatic heterocycles. The quantitative estimate of drug-likeness (QED) is 0.0711. The van der Waals surface area contributed by atoms with Crippen molar-refractivity contribution in [3.8, 4) is 34.3 Å². The third-order valence-electron chi connectivity index (χ3n) is 8.51. The molecule has 0 saturated carbocycles. The van der Waals surface area contributed by atoms with Crippen molar-refractivity contribution >= 4 is 22.9 Å². The van der Waals surface area contributed by atoms with Crippen LogP contribution >= 0.6 is 0 Å². The second-order valence-corrected chi connectivity index (χ2v) is 11.8. The fourth-order valence-corrected chi connectivity index (χ4v) is 5.76. The zero-order chi connectivity index (χ0) is 37.5. The van der Waals surface area contributed by atoms with E-state index in [-0.39, 0.29) is 40.9 Å². The third kappa shape index (κ3) is 6.89. The van der Waals surface area contributed by atoms with Gasteiger partial charge in [0.15, 0.2) is 28.6 Å². The molecule has 20 heteroatoms. The maximum Gasteiger partial charge on any atom is 0.340 e. The Morgan fingerprint density at radius 3 is 2.14 bits per heavy atom. The van der Waals surface area contributed by atoms with Gasteiger partial charge < -0.3 is 84.6 Å². The smallest absolute Gasteiger partial charge is 0.340 e. The van der Waals surface area contributed by atoms with Crippen LogP contribution in [0.2, 0.25) is 0 Å².